The van der Waals surface area contributed by atoms with Crippen molar-refractivity contribution in [2.75, 3.05) is 17.2 Å². The number of aromatic nitrogens is 3. The summed E-state index contributed by atoms with van der Waals surface area (Å²) in [5, 5.41) is 12.6. The van der Waals surface area contributed by atoms with Crippen LogP contribution in [0.1, 0.15) is 68.5 Å². The van der Waals surface area contributed by atoms with E-state index in [0.29, 0.717) is 57.9 Å². The predicted octanol–water partition coefficient (Wildman–Crippen LogP) is 9.74. The number of rotatable bonds is 11. The molecule has 0 spiro atoms. The van der Waals surface area contributed by atoms with Gasteiger partial charge in [0, 0.05) is 22.2 Å². The number of fused-ring (bicyclic) bond motifs is 1. The van der Waals surface area contributed by atoms with E-state index in [2.05, 4.69) is 55.7 Å². The molecular weight excluding hydrogens is 666 g/mol. The van der Waals surface area contributed by atoms with Gasteiger partial charge in [-0.05, 0) is 78.3 Å². The van der Waals surface area contributed by atoms with Crippen LogP contribution in [-0.4, -0.2) is 27.3 Å². The summed E-state index contributed by atoms with van der Waals surface area (Å²) in [6.45, 7) is 13.2. The van der Waals surface area contributed by atoms with Crippen molar-refractivity contribution in [3.8, 4) is 11.5 Å². The molecule has 1 unspecified atom stereocenters. The van der Waals surface area contributed by atoms with Gasteiger partial charge in [-0.1, -0.05) is 111 Å². The standard InChI is InChI=1S/C40H42ClN5O3S/c1-7-48-34-22-28(18-21-33(34)49-23-27-16-19-30(20-17-27)40(4,5)6)36-35(37(47)43-32-15-11-8-12-25(32)2)26(3)42-38-44-39(45-46(36)38)50-24-29-13-9-10-14-31(29)41/h8-22,36H,7,23-24H2,1-6H3,(H,43,47)(H,42,44,45). The molecule has 50 heavy (non-hydrogen) atoms. The molecule has 5 aromatic rings. The van der Waals surface area contributed by atoms with Crippen LogP contribution >= 0.6 is 23.4 Å². The first-order valence-electron chi connectivity index (χ1n) is 16.7. The Bertz CT molecular complexity index is 2030. The lowest BCUT2D eigenvalue weighted by molar-refractivity contribution is -0.113. The molecule has 1 atom stereocenters. The number of aryl methyl sites for hydroxylation is 1. The van der Waals surface area contributed by atoms with E-state index in [1.165, 1.54) is 17.3 Å². The molecule has 8 nitrogen and oxygen atoms in total. The van der Waals surface area contributed by atoms with E-state index in [9.17, 15) is 4.79 Å². The summed E-state index contributed by atoms with van der Waals surface area (Å²) < 4.78 is 14.2. The Morgan fingerprint density at radius 1 is 0.960 bits per heavy atom. The third kappa shape index (κ3) is 7.85. The number of nitrogens with one attached hydrogen (secondary N) is 2. The van der Waals surface area contributed by atoms with Crippen LogP contribution in [-0.2, 0) is 22.6 Å². The average molecular weight is 708 g/mol. The van der Waals surface area contributed by atoms with Crippen molar-refractivity contribution in [1.29, 1.82) is 0 Å². The third-order valence-electron chi connectivity index (χ3n) is 8.58. The second-order valence-corrected chi connectivity index (χ2v) is 14.6. The van der Waals surface area contributed by atoms with Gasteiger partial charge in [0.15, 0.2) is 11.5 Å². The molecule has 258 valence electrons. The second-order valence-electron chi connectivity index (χ2n) is 13.3. The normalized spacial score (nSPS) is 14.2. The molecule has 2 heterocycles. The molecule has 0 radical (unpaired) electrons. The van der Waals surface area contributed by atoms with Crippen LogP contribution in [0.25, 0.3) is 0 Å². The molecule has 4 aromatic carbocycles. The lowest BCUT2D eigenvalue weighted by Crippen LogP contribution is -2.31. The number of nitrogens with zero attached hydrogens (tertiary/aromatic N) is 3. The van der Waals surface area contributed by atoms with Gasteiger partial charge in [-0.2, -0.15) is 4.98 Å². The highest BCUT2D eigenvalue weighted by molar-refractivity contribution is 7.98. The maximum atomic E-state index is 14.2. The Morgan fingerprint density at radius 2 is 1.70 bits per heavy atom. The number of carbonyl (C=O) groups excluding carboxylic acids is 1. The van der Waals surface area contributed by atoms with E-state index in [-0.39, 0.29) is 11.3 Å². The molecule has 6 rings (SSSR count). The molecule has 1 aromatic heterocycles. The van der Waals surface area contributed by atoms with Gasteiger partial charge in [0.2, 0.25) is 11.1 Å². The molecule has 1 aliphatic rings. The van der Waals surface area contributed by atoms with Gasteiger partial charge in [0.05, 0.1) is 12.2 Å². The summed E-state index contributed by atoms with van der Waals surface area (Å²) in [4.78, 5) is 19.0. The van der Waals surface area contributed by atoms with Crippen LogP contribution in [0.4, 0.5) is 11.6 Å². The van der Waals surface area contributed by atoms with Gasteiger partial charge in [-0.15, -0.1) is 5.10 Å². The zero-order valence-electron chi connectivity index (χ0n) is 29.2. The summed E-state index contributed by atoms with van der Waals surface area (Å²) >= 11 is 7.92. The number of benzene rings is 4. The zero-order chi connectivity index (χ0) is 35.4. The fourth-order valence-corrected chi connectivity index (χ4v) is 6.91. The Morgan fingerprint density at radius 3 is 2.42 bits per heavy atom. The van der Waals surface area contributed by atoms with Crippen molar-refractivity contribution in [3.05, 3.63) is 135 Å². The summed E-state index contributed by atoms with van der Waals surface area (Å²) in [6.07, 6.45) is 0. The van der Waals surface area contributed by atoms with Crippen molar-refractivity contribution in [2.24, 2.45) is 0 Å². The number of allylic oxidation sites excluding steroid dienone is 1. The van der Waals surface area contributed by atoms with Gasteiger partial charge in [-0.25, -0.2) is 4.68 Å². The topological polar surface area (TPSA) is 90.3 Å². The van der Waals surface area contributed by atoms with E-state index in [0.717, 1.165) is 27.9 Å². The average Bonchev–Trinajstić information content (AvgIpc) is 3.50. The van der Waals surface area contributed by atoms with Crippen LogP contribution in [0.2, 0.25) is 5.02 Å². The van der Waals surface area contributed by atoms with E-state index in [1.807, 2.05) is 87.5 Å². The molecule has 0 saturated heterocycles. The number of para-hydroxylation sites is 1. The van der Waals surface area contributed by atoms with Crippen molar-refractivity contribution < 1.29 is 14.3 Å². The highest BCUT2D eigenvalue weighted by Gasteiger charge is 2.35. The lowest BCUT2D eigenvalue weighted by atomic mass is 9.87. The number of amides is 1. The Kier molecular flexibility index (Phi) is 10.6. The van der Waals surface area contributed by atoms with Crippen LogP contribution in [0, 0.1) is 6.92 Å². The fraction of sp³-hybridized carbons (Fsp3) is 0.275. The highest BCUT2D eigenvalue weighted by atomic mass is 35.5. The molecule has 1 amide bonds. The smallest absolute Gasteiger partial charge is 0.255 e. The first kappa shape index (κ1) is 35.1. The minimum atomic E-state index is -0.601. The van der Waals surface area contributed by atoms with E-state index < -0.39 is 6.04 Å². The fourth-order valence-electron chi connectivity index (χ4n) is 5.80. The molecule has 1 aliphatic heterocycles. The molecule has 0 aliphatic carbocycles. The first-order valence-corrected chi connectivity index (χ1v) is 18.0. The molecular formula is C40H42ClN5O3S. The molecule has 2 N–H and O–H groups in total. The maximum absolute atomic E-state index is 14.2. The molecule has 0 fully saturated rings. The van der Waals surface area contributed by atoms with Crippen LogP contribution in [0.5, 0.6) is 11.5 Å². The van der Waals surface area contributed by atoms with Crippen molar-refractivity contribution in [3.63, 3.8) is 0 Å². The van der Waals surface area contributed by atoms with Gasteiger partial charge in [-0.3, -0.25) is 4.79 Å². The van der Waals surface area contributed by atoms with Crippen LogP contribution in [0.3, 0.4) is 0 Å². The van der Waals surface area contributed by atoms with E-state index >= 15 is 0 Å². The van der Waals surface area contributed by atoms with Crippen molar-refractivity contribution in [2.45, 2.75) is 70.5 Å². The first-order chi connectivity index (χ1) is 24.0. The highest BCUT2D eigenvalue weighted by Crippen LogP contribution is 2.40. The van der Waals surface area contributed by atoms with Crippen molar-refractivity contribution in [1.82, 2.24) is 14.8 Å². The lowest BCUT2D eigenvalue weighted by Gasteiger charge is -2.29. The van der Waals surface area contributed by atoms with Gasteiger partial charge >= 0.3 is 0 Å². The zero-order valence-corrected chi connectivity index (χ0v) is 30.8. The molecule has 0 saturated carbocycles. The van der Waals surface area contributed by atoms with Gasteiger partial charge < -0.3 is 20.1 Å². The summed E-state index contributed by atoms with van der Waals surface area (Å²) in [7, 11) is 0. The predicted molar refractivity (Wildman–Crippen MR) is 202 cm³/mol. The number of ether oxygens (including phenoxy) is 2. The number of halogens is 1. The Balaban J connectivity index is 1.34. The summed E-state index contributed by atoms with van der Waals surface area (Å²) in [6, 6.07) is 29.2. The summed E-state index contributed by atoms with van der Waals surface area (Å²) in [5.41, 5.74) is 7.11. The van der Waals surface area contributed by atoms with Crippen LogP contribution in [0.15, 0.2) is 107 Å². The number of hydrogen-bond donors (Lipinski definition) is 2. The van der Waals surface area contributed by atoms with Gasteiger partial charge in [0.1, 0.15) is 12.6 Å². The van der Waals surface area contributed by atoms with E-state index in [4.69, 9.17) is 31.2 Å². The van der Waals surface area contributed by atoms with Gasteiger partial charge in [0.25, 0.3) is 5.91 Å². The number of hydrogen-bond acceptors (Lipinski definition) is 7. The minimum absolute atomic E-state index is 0.0769. The number of anilines is 2. The Labute approximate surface area is 303 Å². The third-order valence-corrected chi connectivity index (χ3v) is 9.84. The second kappa shape index (κ2) is 15.0. The van der Waals surface area contributed by atoms with E-state index in [1.54, 1.807) is 4.68 Å². The largest absolute Gasteiger partial charge is 0.490 e. The maximum Gasteiger partial charge on any atom is 0.255 e. The molecule has 0 bridgehead atoms. The minimum Gasteiger partial charge on any atom is -0.490 e. The van der Waals surface area contributed by atoms with Crippen LogP contribution < -0.4 is 20.1 Å². The monoisotopic (exact) mass is 707 g/mol. The number of thioether (sulfide) groups is 1. The molecule has 10 heteroatoms. The Hall–Kier alpha value is -4.73. The SMILES string of the molecule is CCOc1cc(C2C(C(=O)Nc3ccccc3C)=C(C)Nc3nc(SCc4ccccc4Cl)nn32)ccc1OCc1ccc(C(C)(C)C)cc1. The summed E-state index contributed by atoms with van der Waals surface area (Å²) in [5.74, 6) is 2.10. The number of carbonyl (C=O) groups is 1. The van der Waals surface area contributed by atoms with Crippen molar-refractivity contribution >= 4 is 40.9 Å². The quantitative estimate of drug-likeness (QED) is 0.132.